The second-order valence-corrected chi connectivity index (χ2v) is 6.61. The van der Waals surface area contributed by atoms with Crippen LogP contribution < -0.4 is 4.74 Å². The number of aromatic nitrogens is 2. The van der Waals surface area contributed by atoms with Gasteiger partial charge in [-0.05, 0) is 44.6 Å². The Balaban J connectivity index is 1.68. The average Bonchev–Trinajstić information content (AvgIpc) is 3.16. The average molecular weight is 343 g/mol. The van der Waals surface area contributed by atoms with Gasteiger partial charge in [-0.1, -0.05) is 12.1 Å². The Morgan fingerprint density at radius 2 is 2.00 bits per heavy atom. The maximum atomic E-state index is 12.3. The molecule has 1 saturated heterocycles. The summed E-state index contributed by atoms with van der Waals surface area (Å²) in [6.07, 6.45) is 2.58. The maximum Gasteiger partial charge on any atom is 0.341 e. The summed E-state index contributed by atoms with van der Waals surface area (Å²) < 4.78 is 12.5. The van der Waals surface area contributed by atoms with E-state index < -0.39 is 0 Å². The highest BCUT2D eigenvalue weighted by Crippen LogP contribution is 2.37. The molecule has 6 nitrogen and oxygen atoms in total. The molecule has 25 heavy (non-hydrogen) atoms. The van der Waals surface area contributed by atoms with Gasteiger partial charge in [-0.25, -0.2) is 4.79 Å². The SMILES string of the molecule is COc1ccc(C2C(COC(=O)c3cnn(C)c3C)CCN2C)cc1. The molecule has 2 aromatic rings. The van der Waals surface area contributed by atoms with Gasteiger partial charge < -0.3 is 9.47 Å². The number of hydrogen-bond acceptors (Lipinski definition) is 5. The van der Waals surface area contributed by atoms with E-state index in [2.05, 4.69) is 29.2 Å². The van der Waals surface area contributed by atoms with Gasteiger partial charge in [0.05, 0.1) is 19.9 Å². The maximum absolute atomic E-state index is 12.3. The Morgan fingerprint density at radius 3 is 2.60 bits per heavy atom. The Hall–Kier alpha value is -2.34. The molecule has 2 unspecified atom stereocenters. The van der Waals surface area contributed by atoms with Crippen molar-refractivity contribution >= 4 is 5.97 Å². The lowest BCUT2D eigenvalue weighted by atomic mass is 9.94. The van der Waals surface area contributed by atoms with Crippen LogP contribution in [0.1, 0.15) is 34.1 Å². The van der Waals surface area contributed by atoms with Crippen molar-refractivity contribution in [2.45, 2.75) is 19.4 Å². The Labute approximate surface area is 148 Å². The van der Waals surface area contributed by atoms with E-state index in [-0.39, 0.29) is 17.9 Å². The van der Waals surface area contributed by atoms with Crippen molar-refractivity contribution in [1.82, 2.24) is 14.7 Å². The summed E-state index contributed by atoms with van der Waals surface area (Å²) in [6.45, 7) is 3.27. The Bertz CT molecular complexity index is 739. The minimum absolute atomic E-state index is 0.244. The molecule has 3 rings (SSSR count). The van der Waals surface area contributed by atoms with Crippen molar-refractivity contribution < 1.29 is 14.3 Å². The number of methoxy groups -OCH3 is 1. The highest BCUT2D eigenvalue weighted by Gasteiger charge is 2.34. The molecule has 0 radical (unpaired) electrons. The molecule has 0 saturated carbocycles. The molecule has 134 valence electrons. The van der Waals surface area contributed by atoms with E-state index in [9.17, 15) is 4.79 Å². The van der Waals surface area contributed by atoms with Gasteiger partial charge in [0.1, 0.15) is 11.3 Å². The highest BCUT2D eigenvalue weighted by atomic mass is 16.5. The molecular weight excluding hydrogens is 318 g/mol. The number of ether oxygens (including phenoxy) is 2. The lowest BCUT2D eigenvalue weighted by molar-refractivity contribution is 0.0411. The van der Waals surface area contributed by atoms with Crippen LogP contribution in [-0.4, -0.2) is 48.0 Å². The van der Waals surface area contributed by atoms with Crippen LogP contribution in [0.4, 0.5) is 0 Å². The first-order valence-electron chi connectivity index (χ1n) is 8.51. The van der Waals surface area contributed by atoms with E-state index in [0.29, 0.717) is 12.2 Å². The van der Waals surface area contributed by atoms with Crippen LogP contribution in [-0.2, 0) is 11.8 Å². The summed E-state index contributed by atoms with van der Waals surface area (Å²) >= 11 is 0. The topological polar surface area (TPSA) is 56.6 Å². The minimum Gasteiger partial charge on any atom is -0.497 e. The van der Waals surface area contributed by atoms with Crippen molar-refractivity contribution in [3.63, 3.8) is 0 Å². The monoisotopic (exact) mass is 343 g/mol. The number of esters is 1. The zero-order chi connectivity index (χ0) is 18.0. The molecule has 1 aromatic carbocycles. The summed E-state index contributed by atoms with van der Waals surface area (Å²) in [7, 11) is 5.60. The Morgan fingerprint density at radius 1 is 1.28 bits per heavy atom. The molecule has 2 heterocycles. The number of nitrogens with zero attached hydrogens (tertiary/aromatic N) is 3. The van der Waals surface area contributed by atoms with Crippen LogP contribution in [0.3, 0.4) is 0 Å². The molecule has 1 aliphatic rings. The molecule has 1 aliphatic heterocycles. The molecule has 1 aromatic heterocycles. The number of aryl methyl sites for hydroxylation is 1. The lowest BCUT2D eigenvalue weighted by Crippen LogP contribution is -2.24. The standard InChI is InChI=1S/C19H25N3O3/c1-13-17(11-20-22(13)3)19(23)25-12-15-9-10-21(2)18(15)14-5-7-16(24-4)8-6-14/h5-8,11,15,18H,9-10,12H2,1-4H3. The molecule has 0 N–H and O–H groups in total. The molecule has 2 atom stereocenters. The first-order valence-corrected chi connectivity index (χ1v) is 8.51. The summed E-state index contributed by atoms with van der Waals surface area (Å²) in [5, 5.41) is 4.10. The third kappa shape index (κ3) is 3.54. The van der Waals surface area contributed by atoms with Gasteiger partial charge in [-0.15, -0.1) is 0 Å². The third-order valence-electron chi connectivity index (χ3n) is 5.11. The molecule has 6 heteroatoms. The minimum atomic E-state index is -0.298. The van der Waals surface area contributed by atoms with Crippen LogP contribution in [0.15, 0.2) is 30.5 Å². The predicted molar refractivity (Wildman–Crippen MR) is 94.7 cm³/mol. The van der Waals surface area contributed by atoms with Gasteiger partial charge in [0.15, 0.2) is 0 Å². The molecule has 0 spiro atoms. The molecule has 0 aliphatic carbocycles. The molecular formula is C19H25N3O3. The fraction of sp³-hybridized carbons (Fsp3) is 0.474. The molecule has 0 amide bonds. The van der Waals surface area contributed by atoms with Crippen LogP contribution >= 0.6 is 0 Å². The van der Waals surface area contributed by atoms with Gasteiger partial charge in [-0.3, -0.25) is 9.58 Å². The van der Waals surface area contributed by atoms with E-state index in [1.54, 1.807) is 18.0 Å². The van der Waals surface area contributed by atoms with Gasteiger partial charge in [0.25, 0.3) is 0 Å². The van der Waals surface area contributed by atoms with Crippen molar-refractivity contribution in [2.75, 3.05) is 27.3 Å². The van der Waals surface area contributed by atoms with Crippen LogP contribution in [0, 0.1) is 12.8 Å². The van der Waals surface area contributed by atoms with Crippen LogP contribution in [0.2, 0.25) is 0 Å². The van der Waals surface area contributed by atoms with Gasteiger partial charge >= 0.3 is 5.97 Å². The fourth-order valence-electron chi connectivity index (χ4n) is 3.49. The van der Waals surface area contributed by atoms with E-state index in [1.165, 1.54) is 5.56 Å². The quantitative estimate of drug-likeness (QED) is 0.781. The summed E-state index contributed by atoms with van der Waals surface area (Å²) in [5.41, 5.74) is 2.58. The highest BCUT2D eigenvalue weighted by molar-refractivity contribution is 5.90. The van der Waals surface area contributed by atoms with Crippen LogP contribution in [0.5, 0.6) is 5.75 Å². The summed E-state index contributed by atoms with van der Waals surface area (Å²) in [6, 6.07) is 8.37. The van der Waals surface area contributed by atoms with E-state index in [1.807, 2.05) is 26.1 Å². The first-order chi connectivity index (χ1) is 12.0. The number of hydrogen-bond donors (Lipinski definition) is 0. The molecule has 1 fully saturated rings. The van der Waals surface area contributed by atoms with E-state index in [4.69, 9.17) is 9.47 Å². The van der Waals surface area contributed by atoms with E-state index in [0.717, 1.165) is 24.4 Å². The lowest BCUT2D eigenvalue weighted by Gasteiger charge is -2.25. The van der Waals surface area contributed by atoms with Gasteiger partial charge in [0, 0.05) is 24.7 Å². The number of likely N-dealkylation sites (tertiary alicyclic amines) is 1. The van der Waals surface area contributed by atoms with Gasteiger partial charge in [-0.2, -0.15) is 5.10 Å². The number of carbonyl (C=O) groups is 1. The predicted octanol–water partition coefficient (Wildman–Crippen LogP) is 2.59. The number of rotatable bonds is 5. The van der Waals surface area contributed by atoms with Crippen molar-refractivity contribution in [3.05, 3.63) is 47.3 Å². The molecule has 0 bridgehead atoms. The fourth-order valence-corrected chi connectivity index (χ4v) is 3.49. The first kappa shape index (κ1) is 17.5. The van der Waals surface area contributed by atoms with Crippen LogP contribution in [0.25, 0.3) is 0 Å². The number of carbonyl (C=O) groups excluding carboxylic acids is 1. The van der Waals surface area contributed by atoms with Gasteiger partial charge in [0.2, 0.25) is 0 Å². The summed E-state index contributed by atoms with van der Waals surface area (Å²) in [4.78, 5) is 14.7. The van der Waals surface area contributed by atoms with Crippen molar-refractivity contribution in [2.24, 2.45) is 13.0 Å². The zero-order valence-electron chi connectivity index (χ0n) is 15.2. The number of benzene rings is 1. The normalized spacial score (nSPS) is 20.6. The van der Waals surface area contributed by atoms with Crippen molar-refractivity contribution in [3.8, 4) is 5.75 Å². The van der Waals surface area contributed by atoms with E-state index >= 15 is 0 Å². The second kappa shape index (κ2) is 7.27. The smallest absolute Gasteiger partial charge is 0.341 e. The van der Waals surface area contributed by atoms with Crippen molar-refractivity contribution in [1.29, 1.82) is 0 Å². The Kier molecular flexibility index (Phi) is 5.08. The summed E-state index contributed by atoms with van der Waals surface area (Å²) in [5.74, 6) is 0.826. The second-order valence-electron chi connectivity index (χ2n) is 6.61. The largest absolute Gasteiger partial charge is 0.497 e. The third-order valence-corrected chi connectivity index (χ3v) is 5.11. The zero-order valence-corrected chi connectivity index (χ0v) is 15.2.